The van der Waals surface area contributed by atoms with Gasteiger partial charge in [-0.25, -0.2) is 9.67 Å². The van der Waals surface area contributed by atoms with E-state index < -0.39 is 5.97 Å². The number of carbonyl (C=O) groups is 1. The molecule has 0 radical (unpaired) electrons. The molecule has 0 saturated carbocycles. The molecule has 0 amide bonds. The molecule has 2 aliphatic rings. The number of rotatable bonds is 5. The zero-order valence-corrected chi connectivity index (χ0v) is 12.1. The normalized spacial score (nSPS) is 29.4. The summed E-state index contributed by atoms with van der Waals surface area (Å²) in [6, 6.07) is 0.590. The van der Waals surface area contributed by atoms with Crippen LogP contribution in [0.5, 0.6) is 0 Å². The van der Waals surface area contributed by atoms with E-state index in [0.29, 0.717) is 12.0 Å². The van der Waals surface area contributed by atoms with E-state index in [0.717, 1.165) is 38.2 Å². The lowest BCUT2D eigenvalue weighted by atomic mass is 9.89. The summed E-state index contributed by atoms with van der Waals surface area (Å²) in [5.74, 6) is 0.639. The first-order valence-electron chi connectivity index (χ1n) is 7.41. The van der Waals surface area contributed by atoms with Crippen LogP contribution in [-0.2, 0) is 17.9 Å². The van der Waals surface area contributed by atoms with Crippen molar-refractivity contribution in [3.05, 3.63) is 12.2 Å². The first-order chi connectivity index (χ1) is 9.56. The number of hydrogen-bond acceptors (Lipinski definition) is 4. The number of aliphatic carboxylic acids is 1. The molecule has 0 spiro atoms. The predicted molar refractivity (Wildman–Crippen MR) is 73.0 cm³/mol. The number of hydrogen-bond donors (Lipinski definition) is 1. The van der Waals surface area contributed by atoms with Gasteiger partial charge in [0.15, 0.2) is 0 Å². The second kappa shape index (κ2) is 5.16. The molecule has 20 heavy (non-hydrogen) atoms. The molecule has 6 nitrogen and oxygen atoms in total. The second-order valence-corrected chi connectivity index (χ2v) is 6.40. The summed E-state index contributed by atoms with van der Waals surface area (Å²) >= 11 is 0. The summed E-state index contributed by atoms with van der Waals surface area (Å²) in [5.41, 5.74) is 0. The van der Waals surface area contributed by atoms with Crippen LogP contribution in [0.25, 0.3) is 0 Å². The molecule has 3 atom stereocenters. The number of aromatic nitrogens is 3. The lowest BCUT2D eigenvalue weighted by Crippen LogP contribution is -2.33. The van der Waals surface area contributed by atoms with E-state index in [1.807, 2.05) is 4.68 Å². The molecule has 3 unspecified atom stereocenters. The minimum absolute atomic E-state index is 0.182. The van der Waals surface area contributed by atoms with Crippen LogP contribution in [0, 0.1) is 11.8 Å². The van der Waals surface area contributed by atoms with Crippen LogP contribution in [0.1, 0.15) is 38.9 Å². The standard InChI is InChI=1S/C14H22N4O2/c1-9(2)6-18-13(15-8-16-18)7-17-10-3-4-12(17)11(5-10)14(19)20/h8-12H,3-7H2,1-2H3,(H,19,20). The van der Waals surface area contributed by atoms with Crippen LogP contribution in [0.15, 0.2) is 6.33 Å². The Hall–Kier alpha value is -1.43. The third kappa shape index (κ3) is 2.32. The van der Waals surface area contributed by atoms with Crippen molar-refractivity contribution in [2.75, 3.05) is 0 Å². The molecule has 3 heterocycles. The fourth-order valence-corrected chi connectivity index (χ4v) is 3.69. The maximum absolute atomic E-state index is 11.3. The molecule has 110 valence electrons. The highest BCUT2D eigenvalue weighted by Gasteiger charge is 2.49. The molecule has 6 heteroatoms. The Morgan fingerprint density at radius 2 is 2.30 bits per heavy atom. The highest BCUT2D eigenvalue weighted by atomic mass is 16.4. The van der Waals surface area contributed by atoms with Gasteiger partial charge in [0.2, 0.25) is 0 Å². The van der Waals surface area contributed by atoms with Gasteiger partial charge in [0, 0.05) is 18.6 Å². The average Bonchev–Trinajstić information content (AvgIpc) is 3.06. The lowest BCUT2D eigenvalue weighted by molar-refractivity contribution is -0.142. The van der Waals surface area contributed by atoms with Crippen molar-refractivity contribution in [2.45, 2.75) is 58.3 Å². The van der Waals surface area contributed by atoms with E-state index in [2.05, 4.69) is 28.8 Å². The van der Waals surface area contributed by atoms with Gasteiger partial charge in [0.05, 0.1) is 12.5 Å². The number of fused-ring (bicyclic) bond motifs is 2. The molecule has 1 aromatic rings. The molecule has 3 rings (SSSR count). The summed E-state index contributed by atoms with van der Waals surface area (Å²) < 4.78 is 1.96. The first kappa shape index (κ1) is 13.5. The van der Waals surface area contributed by atoms with Gasteiger partial charge in [-0.3, -0.25) is 9.69 Å². The van der Waals surface area contributed by atoms with E-state index >= 15 is 0 Å². The van der Waals surface area contributed by atoms with Gasteiger partial charge < -0.3 is 5.11 Å². The van der Waals surface area contributed by atoms with Gasteiger partial charge in [0.1, 0.15) is 12.2 Å². The van der Waals surface area contributed by atoms with Crippen molar-refractivity contribution in [2.24, 2.45) is 11.8 Å². The molecular weight excluding hydrogens is 256 g/mol. The van der Waals surface area contributed by atoms with Crippen LogP contribution >= 0.6 is 0 Å². The van der Waals surface area contributed by atoms with Crippen LogP contribution in [0.3, 0.4) is 0 Å². The Morgan fingerprint density at radius 1 is 1.50 bits per heavy atom. The summed E-state index contributed by atoms with van der Waals surface area (Å²) in [6.45, 7) is 5.91. The summed E-state index contributed by atoms with van der Waals surface area (Å²) in [6.07, 6.45) is 4.51. The van der Waals surface area contributed by atoms with Crippen molar-refractivity contribution in [3.8, 4) is 0 Å². The quantitative estimate of drug-likeness (QED) is 0.881. The van der Waals surface area contributed by atoms with Crippen molar-refractivity contribution in [3.63, 3.8) is 0 Å². The number of nitrogens with zero attached hydrogens (tertiary/aromatic N) is 4. The molecule has 2 saturated heterocycles. The van der Waals surface area contributed by atoms with Crippen molar-refractivity contribution < 1.29 is 9.90 Å². The molecule has 1 aromatic heterocycles. The zero-order valence-electron chi connectivity index (χ0n) is 12.1. The minimum atomic E-state index is -0.647. The van der Waals surface area contributed by atoms with Crippen LogP contribution < -0.4 is 0 Å². The van der Waals surface area contributed by atoms with Crippen molar-refractivity contribution in [1.82, 2.24) is 19.7 Å². The maximum atomic E-state index is 11.3. The maximum Gasteiger partial charge on any atom is 0.308 e. The predicted octanol–water partition coefficient (Wildman–Crippen LogP) is 1.37. The Bertz CT molecular complexity index is 499. The second-order valence-electron chi connectivity index (χ2n) is 6.40. The van der Waals surface area contributed by atoms with Gasteiger partial charge in [0.25, 0.3) is 0 Å². The van der Waals surface area contributed by atoms with Crippen LogP contribution in [-0.4, -0.2) is 42.8 Å². The fraction of sp³-hybridized carbons (Fsp3) is 0.786. The van der Waals surface area contributed by atoms with Gasteiger partial charge in [-0.05, 0) is 25.2 Å². The van der Waals surface area contributed by atoms with Gasteiger partial charge >= 0.3 is 5.97 Å². The summed E-state index contributed by atoms with van der Waals surface area (Å²) in [5, 5.41) is 13.6. The smallest absolute Gasteiger partial charge is 0.308 e. The van der Waals surface area contributed by atoms with Gasteiger partial charge in [-0.15, -0.1) is 0 Å². The van der Waals surface area contributed by atoms with Gasteiger partial charge in [-0.1, -0.05) is 13.8 Å². The zero-order chi connectivity index (χ0) is 14.3. The third-order valence-corrected chi connectivity index (χ3v) is 4.56. The minimum Gasteiger partial charge on any atom is -0.481 e. The largest absolute Gasteiger partial charge is 0.481 e. The highest BCUT2D eigenvalue weighted by Crippen LogP contribution is 2.42. The molecule has 2 bridgehead atoms. The Kier molecular flexibility index (Phi) is 3.50. The molecule has 0 aliphatic carbocycles. The summed E-state index contributed by atoms with van der Waals surface area (Å²) in [4.78, 5) is 18.0. The van der Waals surface area contributed by atoms with Crippen molar-refractivity contribution in [1.29, 1.82) is 0 Å². The first-order valence-corrected chi connectivity index (χ1v) is 7.41. The van der Waals surface area contributed by atoms with Crippen LogP contribution in [0.2, 0.25) is 0 Å². The van der Waals surface area contributed by atoms with Crippen molar-refractivity contribution >= 4 is 5.97 Å². The summed E-state index contributed by atoms with van der Waals surface area (Å²) in [7, 11) is 0. The Morgan fingerprint density at radius 3 is 2.95 bits per heavy atom. The SMILES string of the molecule is CC(C)Cn1ncnc1CN1C2CCC1C(C(=O)O)C2. The Labute approximate surface area is 118 Å². The lowest BCUT2D eigenvalue weighted by Gasteiger charge is -2.22. The third-order valence-electron chi connectivity index (χ3n) is 4.56. The molecule has 2 fully saturated rings. The number of carboxylic acids is 1. The Balaban J connectivity index is 1.73. The van der Waals surface area contributed by atoms with Gasteiger partial charge in [-0.2, -0.15) is 5.10 Å². The molecule has 0 aromatic carbocycles. The molecular formula is C14H22N4O2. The van der Waals surface area contributed by atoms with E-state index in [4.69, 9.17) is 0 Å². The average molecular weight is 278 g/mol. The molecule has 2 aliphatic heterocycles. The van der Waals surface area contributed by atoms with E-state index in [-0.39, 0.29) is 12.0 Å². The highest BCUT2D eigenvalue weighted by molar-refractivity contribution is 5.71. The topological polar surface area (TPSA) is 71.2 Å². The van der Waals surface area contributed by atoms with E-state index in [9.17, 15) is 9.90 Å². The number of carboxylic acid groups (broad SMARTS) is 1. The van der Waals surface area contributed by atoms with Crippen LogP contribution in [0.4, 0.5) is 0 Å². The van der Waals surface area contributed by atoms with E-state index in [1.165, 1.54) is 0 Å². The molecule has 1 N–H and O–H groups in total. The van der Waals surface area contributed by atoms with E-state index in [1.54, 1.807) is 6.33 Å². The monoisotopic (exact) mass is 278 g/mol. The fourth-order valence-electron chi connectivity index (χ4n) is 3.69.